The van der Waals surface area contributed by atoms with Crippen LogP contribution in [0.5, 0.6) is 0 Å². The zero-order chi connectivity index (χ0) is 13.0. The fourth-order valence-corrected chi connectivity index (χ4v) is 2.31. The van der Waals surface area contributed by atoms with Crippen LogP contribution >= 0.6 is 11.6 Å². The largest absolute Gasteiger partial charge is 0.325 e. The van der Waals surface area contributed by atoms with Crippen LogP contribution in [0, 0.1) is 11.7 Å². The van der Waals surface area contributed by atoms with E-state index in [9.17, 15) is 9.18 Å². The third-order valence-electron chi connectivity index (χ3n) is 3.15. The SMILES string of the molecule is O=C(CCC1CCNC1)Nc1ccc(F)cc1Cl. The van der Waals surface area contributed by atoms with Gasteiger partial charge in [0.15, 0.2) is 0 Å². The van der Waals surface area contributed by atoms with E-state index in [4.69, 9.17) is 11.6 Å². The summed E-state index contributed by atoms with van der Waals surface area (Å²) >= 11 is 5.84. The third-order valence-corrected chi connectivity index (χ3v) is 3.46. The first-order chi connectivity index (χ1) is 8.65. The topological polar surface area (TPSA) is 41.1 Å². The van der Waals surface area contributed by atoms with Crippen LogP contribution < -0.4 is 10.6 Å². The van der Waals surface area contributed by atoms with Crippen LogP contribution in [0.1, 0.15) is 19.3 Å². The maximum atomic E-state index is 12.8. The predicted molar refractivity (Wildman–Crippen MR) is 70.3 cm³/mol. The smallest absolute Gasteiger partial charge is 0.224 e. The lowest BCUT2D eigenvalue weighted by Gasteiger charge is -2.09. The number of amides is 1. The Morgan fingerprint density at radius 2 is 2.39 bits per heavy atom. The summed E-state index contributed by atoms with van der Waals surface area (Å²) in [7, 11) is 0. The lowest BCUT2D eigenvalue weighted by molar-refractivity contribution is -0.116. The monoisotopic (exact) mass is 270 g/mol. The van der Waals surface area contributed by atoms with Gasteiger partial charge in [-0.1, -0.05) is 11.6 Å². The summed E-state index contributed by atoms with van der Waals surface area (Å²) in [5.41, 5.74) is 0.465. The van der Waals surface area contributed by atoms with E-state index >= 15 is 0 Å². The summed E-state index contributed by atoms with van der Waals surface area (Å²) in [6.45, 7) is 2.03. The van der Waals surface area contributed by atoms with Crippen molar-refractivity contribution >= 4 is 23.2 Å². The van der Waals surface area contributed by atoms with Gasteiger partial charge in [-0.25, -0.2) is 4.39 Å². The molecule has 3 nitrogen and oxygen atoms in total. The predicted octanol–water partition coefficient (Wildman–Crippen LogP) is 2.81. The normalized spacial score (nSPS) is 18.9. The maximum absolute atomic E-state index is 12.8. The molecule has 18 heavy (non-hydrogen) atoms. The molecule has 2 N–H and O–H groups in total. The number of rotatable bonds is 4. The van der Waals surface area contributed by atoms with Crippen molar-refractivity contribution in [2.45, 2.75) is 19.3 Å². The molecule has 0 aliphatic carbocycles. The van der Waals surface area contributed by atoms with E-state index < -0.39 is 5.82 Å². The second-order valence-corrected chi connectivity index (χ2v) is 4.98. The molecule has 1 aliphatic heterocycles. The van der Waals surface area contributed by atoms with Crippen LogP contribution in [0.15, 0.2) is 18.2 Å². The zero-order valence-electron chi connectivity index (χ0n) is 10.0. The van der Waals surface area contributed by atoms with Gasteiger partial charge in [0.1, 0.15) is 5.82 Å². The molecule has 1 aromatic rings. The Morgan fingerprint density at radius 3 is 3.06 bits per heavy atom. The number of benzene rings is 1. The van der Waals surface area contributed by atoms with Crippen LogP contribution in [-0.2, 0) is 4.79 Å². The molecule has 1 saturated heterocycles. The Bertz CT molecular complexity index is 433. The fraction of sp³-hybridized carbons (Fsp3) is 0.462. The molecule has 1 atom stereocenters. The highest BCUT2D eigenvalue weighted by Crippen LogP contribution is 2.23. The number of hydrogen-bond acceptors (Lipinski definition) is 2. The van der Waals surface area contributed by atoms with Crippen LogP contribution in [-0.4, -0.2) is 19.0 Å². The molecule has 0 radical (unpaired) electrons. The molecule has 1 unspecified atom stereocenters. The summed E-state index contributed by atoms with van der Waals surface area (Å²) in [4.78, 5) is 11.7. The minimum absolute atomic E-state index is 0.0737. The van der Waals surface area contributed by atoms with Crippen molar-refractivity contribution in [1.29, 1.82) is 0 Å². The van der Waals surface area contributed by atoms with Crippen molar-refractivity contribution < 1.29 is 9.18 Å². The maximum Gasteiger partial charge on any atom is 0.224 e. The highest BCUT2D eigenvalue weighted by molar-refractivity contribution is 6.33. The molecule has 98 valence electrons. The van der Waals surface area contributed by atoms with E-state index in [1.54, 1.807) is 0 Å². The van der Waals surface area contributed by atoms with Crippen LogP contribution in [0.2, 0.25) is 5.02 Å². The van der Waals surface area contributed by atoms with Gasteiger partial charge in [0, 0.05) is 6.42 Å². The number of carbonyl (C=O) groups is 1. The lowest BCUT2D eigenvalue weighted by Crippen LogP contribution is -2.15. The Hall–Kier alpha value is -1.13. The summed E-state index contributed by atoms with van der Waals surface area (Å²) < 4.78 is 12.8. The van der Waals surface area contributed by atoms with Gasteiger partial charge in [0.2, 0.25) is 5.91 Å². The van der Waals surface area contributed by atoms with Crippen LogP contribution in [0.4, 0.5) is 10.1 Å². The summed E-state index contributed by atoms with van der Waals surface area (Å²) in [5.74, 6) is 0.102. The van der Waals surface area contributed by atoms with Gasteiger partial charge in [-0.2, -0.15) is 0 Å². The number of anilines is 1. The second kappa shape index (κ2) is 6.16. The summed E-state index contributed by atoms with van der Waals surface area (Å²) in [5, 5.41) is 6.20. The van der Waals surface area contributed by atoms with Gasteiger partial charge >= 0.3 is 0 Å². The minimum atomic E-state index is -0.407. The average Bonchev–Trinajstić information content (AvgIpc) is 2.83. The van der Waals surface area contributed by atoms with E-state index in [-0.39, 0.29) is 10.9 Å². The number of carbonyl (C=O) groups excluding carboxylic acids is 1. The van der Waals surface area contributed by atoms with Gasteiger partial charge in [-0.05, 0) is 50.0 Å². The second-order valence-electron chi connectivity index (χ2n) is 4.57. The van der Waals surface area contributed by atoms with E-state index in [2.05, 4.69) is 10.6 Å². The standard InChI is InChI=1S/C13H16ClFN2O/c14-11-7-10(15)2-3-12(11)17-13(18)4-1-9-5-6-16-8-9/h2-3,7,9,16H,1,4-6,8H2,(H,17,18). The first-order valence-electron chi connectivity index (χ1n) is 6.11. The van der Waals surface area contributed by atoms with Crippen molar-refractivity contribution in [3.63, 3.8) is 0 Å². The molecule has 0 saturated carbocycles. The van der Waals surface area contributed by atoms with Gasteiger partial charge in [0.25, 0.3) is 0 Å². The highest BCUT2D eigenvalue weighted by Gasteiger charge is 2.16. The van der Waals surface area contributed by atoms with Crippen molar-refractivity contribution in [3.05, 3.63) is 29.0 Å². The zero-order valence-corrected chi connectivity index (χ0v) is 10.8. The fourth-order valence-electron chi connectivity index (χ4n) is 2.10. The Balaban J connectivity index is 1.82. The molecule has 1 amide bonds. The van der Waals surface area contributed by atoms with Gasteiger partial charge in [-0.15, -0.1) is 0 Å². The molecule has 1 heterocycles. The van der Waals surface area contributed by atoms with Gasteiger partial charge in [0.05, 0.1) is 10.7 Å². The van der Waals surface area contributed by atoms with Crippen LogP contribution in [0.25, 0.3) is 0 Å². The Morgan fingerprint density at radius 1 is 1.56 bits per heavy atom. The minimum Gasteiger partial charge on any atom is -0.325 e. The molecule has 1 aliphatic rings. The molecule has 0 spiro atoms. The van der Waals surface area contributed by atoms with E-state index in [1.807, 2.05) is 0 Å². The molecular weight excluding hydrogens is 255 g/mol. The van der Waals surface area contributed by atoms with E-state index in [0.29, 0.717) is 18.0 Å². The van der Waals surface area contributed by atoms with Crippen molar-refractivity contribution in [2.24, 2.45) is 5.92 Å². The molecule has 1 aromatic carbocycles. The molecule has 1 fully saturated rings. The first kappa shape index (κ1) is 13.3. The van der Waals surface area contributed by atoms with Gasteiger partial charge in [-0.3, -0.25) is 4.79 Å². The van der Waals surface area contributed by atoms with Crippen molar-refractivity contribution in [3.8, 4) is 0 Å². The van der Waals surface area contributed by atoms with Gasteiger partial charge < -0.3 is 10.6 Å². The lowest BCUT2D eigenvalue weighted by atomic mass is 10.0. The average molecular weight is 271 g/mol. The van der Waals surface area contributed by atoms with Crippen molar-refractivity contribution in [2.75, 3.05) is 18.4 Å². The number of hydrogen-bond donors (Lipinski definition) is 2. The van der Waals surface area contributed by atoms with E-state index in [0.717, 1.165) is 25.9 Å². The number of nitrogens with one attached hydrogen (secondary N) is 2. The Kier molecular flexibility index (Phi) is 4.55. The molecule has 0 aromatic heterocycles. The molecule has 5 heteroatoms. The third kappa shape index (κ3) is 3.68. The van der Waals surface area contributed by atoms with Crippen molar-refractivity contribution in [1.82, 2.24) is 5.32 Å². The van der Waals surface area contributed by atoms with E-state index in [1.165, 1.54) is 18.2 Å². The summed E-state index contributed by atoms with van der Waals surface area (Å²) in [6.07, 6.45) is 2.47. The highest BCUT2D eigenvalue weighted by atomic mass is 35.5. The summed E-state index contributed by atoms with van der Waals surface area (Å²) in [6, 6.07) is 3.95. The molecule has 0 bridgehead atoms. The Labute approximate surface area is 111 Å². The first-order valence-corrected chi connectivity index (χ1v) is 6.48. The quantitative estimate of drug-likeness (QED) is 0.883. The number of halogens is 2. The van der Waals surface area contributed by atoms with Crippen LogP contribution in [0.3, 0.4) is 0 Å². The molecule has 2 rings (SSSR count). The molecular formula is C13H16ClFN2O.